The van der Waals surface area contributed by atoms with Crippen molar-refractivity contribution in [1.29, 1.82) is 0 Å². The monoisotopic (exact) mass is 271 g/mol. The Morgan fingerprint density at radius 3 is 2.45 bits per heavy atom. The van der Waals surface area contributed by atoms with Crippen molar-refractivity contribution in [2.75, 3.05) is 13.7 Å². The minimum Gasteiger partial charge on any atom is -0.497 e. The molecule has 0 radical (unpaired) electrons. The molecule has 2 aromatic carbocycles. The molecular formula is C18H25NO. The predicted octanol–water partition coefficient (Wildman–Crippen LogP) is 4.34. The summed E-state index contributed by atoms with van der Waals surface area (Å²) in [6.07, 6.45) is 1.18. The first-order chi connectivity index (χ1) is 9.65. The molecule has 0 aliphatic carbocycles. The summed E-state index contributed by atoms with van der Waals surface area (Å²) < 4.78 is 5.27. The SMILES string of the molecule is CCCNC(C)C(C)c1ccc2cc(OC)ccc2c1. The van der Waals surface area contributed by atoms with E-state index in [0.717, 1.165) is 12.3 Å². The molecule has 0 bridgehead atoms. The van der Waals surface area contributed by atoms with E-state index < -0.39 is 0 Å². The summed E-state index contributed by atoms with van der Waals surface area (Å²) in [7, 11) is 1.71. The summed E-state index contributed by atoms with van der Waals surface area (Å²) in [6.45, 7) is 7.83. The highest BCUT2D eigenvalue weighted by molar-refractivity contribution is 5.84. The normalized spacial score (nSPS) is 14.2. The first kappa shape index (κ1) is 14.9. The lowest BCUT2D eigenvalue weighted by molar-refractivity contribution is 0.415. The van der Waals surface area contributed by atoms with Crippen LogP contribution >= 0.6 is 0 Å². The van der Waals surface area contributed by atoms with Crippen molar-refractivity contribution < 1.29 is 4.74 Å². The minimum absolute atomic E-state index is 0.491. The van der Waals surface area contributed by atoms with Gasteiger partial charge in [0.1, 0.15) is 5.75 Å². The van der Waals surface area contributed by atoms with Crippen LogP contribution in [-0.2, 0) is 0 Å². The van der Waals surface area contributed by atoms with Gasteiger partial charge in [-0.15, -0.1) is 0 Å². The van der Waals surface area contributed by atoms with Gasteiger partial charge in [0, 0.05) is 6.04 Å². The zero-order valence-electron chi connectivity index (χ0n) is 12.9. The minimum atomic E-state index is 0.491. The molecule has 0 saturated carbocycles. The smallest absolute Gasteiger partial charge is 0.119 e. The van der Waals surface area contributed by atoms with Crippen molar-refractivity contribution in [1.82, 2.24) is 5.32 Å². The molecule has 0 aromatic heterocycles. The van der Waals surface area contributed by atoms with Crippen LogP contribution in [0.3, 0.4) is 0 Å². The van der Waals surface area contributed by atoms with E-state index in [1.165, 1.54) is 22.8 Å². The zero-order chi connectivity index (χ0) is 14.5. The van der Waals surface area contributed by atoms with Gasteiger partial charge in [-0.25, -0.2) is 0 Å². The van der Waals surface area contributed by atoms with E-state index in [2.05, 4.69) is 56.4 Å². The molecule has 0 amide bonds. The van der Waals surface area contributed by atoms with Gasteiger partial charge in [0.05, 0.1) is 7.11 Å². The van der Waals surface area contributed by atoms with Crippen molar-refractivity contribution in [3.63, 3.8) is 0 Å². The molecule has 2 rings (SSSR count). The van der Waals surface area contributed by atoms with E-state index in [9.17, 15) is 0 Å². The summed E-state index contributed by atoms with van der Waals surface area (Å²) in [5.41, 5.74) is 1.39. The number of ether oxygens (including phenoxy) is 1. The van der Waals surface area contributed by atoms with Crippen LogP contribution < -0.4 is 10.1 Å². The van der Waals surface area contributed by atoms with Gasteiger partial charge < -0.3 is 10.1 Å². The second kappa shape index (κ2) is 6.76. The standard InChI is InChI=1S/C18H25NO/c1-5-10-19-14(3)13(2)15-6-7-17-12-18(20-4)9-8-16(17)11-15/h6-9,11-14,19H,5,10H2,1-4H3. The summed E-state index contributed by atoms with van der Waals surface area (Å²) in [5, 5.41) is 6.08. The molecule has 20 heavy (non-hydrogen) atoms. The Hall–Kier alpha value is -1.54. The highest BCUT2D eigenvalue weighted by Crippen LogP contribution is 2.26. The van der Waals surface area contributed by atoms with Gasteiger partial charge in [0.25, 0.3) is 0 Å². The Bertz CT molecular complexity index is 564. The topological polar surface area (TPSA) is 21.3 Å². The first-order valence-corrected chi connectivity index (χ1v) is 7.46. The molecule has 2 nitrogen and oxygen atoms in total. The molecule has 1 N–H and O–H groups in total. The van der Waals surface area contributed by atoms with Crippen molar-refractivity contribution in [2.24, 2.45) is 0 Å². The molecule has 0 aliphatic rings. The van der Waals surface area contributed by atoms with Crippen LogP contribution in [0.5, 0.6) is 5.75 Å². The highest BCUT2D eigenvalue weighted by atomic mass is 16.5. The Labute approximate surface area is 122 Å². The summed E-state index contributed by atoms with van der Waals surface area (Å²) in [6, 6.07) is 13.5. The lowest BCUT2D eigenvalue weighted by Gasteiger charge is -2.22. The van der Waals surface area contributed by atoms with Gasteiger partial charge in [-0.3, -0.25) is 0 Å². The third-order valence-electron chi connectivity index (χ3n) is 4.06. The number of benzene rings is 2. The van der Waals surface area contributed by atoms with Crippen LogP contribution in [0.25, 0.3) is 10.8 Å². The van der Waals surface area contributed by atoms with Crippen LogP contribution in [-0.4, -0.2) is 19.7 Å². The number of methoxy groups -OCH3 is 1. The highest BCUT2D eigenvalue weighted by Gasteiger charge is 2.13. The number of hydrogen-bond donors (Lipinski definition) is 1. The van der Waals surface area contributed by atoms with Gasteiger partial charge in [0.2, 0.25) is 0 Å². The Balaban J connectivity index is 2.22. The van der Waals surface area contributed by atoms with E-state index in [0.29, 0.717) is 12.0 Å². The fourth-order valence-electron chi connectivity index (χ4n) is 2.49. The van der Waals surface area contributed by atoms with Crippen LogP contribution in [0.4, 0.5) is 0 Å². The van der Waals surface area contributed by atoms with Crippen molar-refractivity contribution in [2.45, 2.75) is 39.2 Å². The fourth-order valence-corrected chi connectivity index (χ4v) is 2.49. The van der Waals surface area contributed by atoms with E-state index >= 15 is 0 Å². The third kappa shape index (κ3) is 3.31. The predicted molar refractivity (Wildman–Crippen MR) is 86.7 cm³/mol. The molecule has 0 saturated heterocycles. The van der Waals surface area contributed by atoms with Crippen LogP contribution in [0.2, 0.25) is 0 Å². The average Bonchev–Trinajstić information content (AvgIpc) is 2.50. The van der Waals surface area contributed by atoms with Gasteiger partial charge in [-0.05, 0) is 54.3 Å². The van der Waals surface area contributed by atoms with Gasteiger partial charge >= 0.3 is 0 Å². The summed E-state index contributed by atoms with van der Waals surface area (Å²) in [5.74, 6) is 1.42. The van der Waals surface area contributed by atoms with Crippen LogP contribution in [0, 0.1) is 0 Å². The maximum atomic E-state index is 5.27. The quantitative estimate of drug-likeness (QED) is 0.844. The summed E-state index contributed by atoms with van der Waals surface area (Å²) in [4.78, 5) is 0. The van der Waals surface area contributed by atoms with E-state index in [-0.39, 0.29) is 0 Å². The maximum Gasteiger partial charge on any atom is 0.119 e. The lowest BCUT2D eigenvalue weighted by Crippen LogP contribution is -2.31. The van der Waals surface area contributed by atoms with Crippen molar-refractivity contribution >= 4 is 10.8 Å². The number of hydrogen-bond acceptors (Lipinski definition) is 2. The third-order valence-corrected chi connectivity index (χ3v) is 4.06. The van der Waals surface area contributed by atoms with Crippen molar-refractivity contribution in [3.8, 4) is 5.75 Å². The fraction of sp³-hybridized carbons (Fsp3) is 0.444. The molecule has 0 spiro atoms. The van der Waals surface area contributed by atoms with E-state index in [4.69, 9.17) is 4.74 Å². The van der Waals surface area contributed by atoms with Gasteiger partial charge in [-0.2, -0.15) is 0 Å². The number of fused-ring (bicyclic) bond motifs is 1. The van der Waals surface area contributed by atoms with Crippen LogP contribution in [0.1, 0.15) is 38.7 Å². The Kier molecular flexibility index (Phi) is 5.02. The molecule has 0 fully saturated rings. The second-order valence-electron chi connectivity index (χ2n) is 5.50. The molecule has 0 aliphatic heterocycles. The maximum absolute atomic E-state index is 5.27. The summed E-state index contributed by atoms with van der Waals surface area (Å²) >= 11 is 0. The Morgan fingerprint density at radius 2 is 1.75 bits per heavy atom. The molecule has 2 heteroatoms. The average molecular weight is 271 g/mol. The largest absolute Gasteiger partial charge is 0.497 e. The van der Waals surface area contributed by atoms with E-state index in [1.807, 2.05) is 6.07 Å². The molecule has 108 valence electrons. The molecule has 0 heterocycles. The van der Waals surface area contributed by atoms with Gasteiger partial charge in [-0.1, -0.05) is 38.1 Å². The van der Waals surface area contributed by atoms with Crippen molar-refractivity contribution in [3.05, 3.63) is 42.0 Å². The van der Waals surface area contributed by atoms with E-state index in [1.54, 1.807) is 7.11 Å². The van der Waals surface area contributed by atoms with Gasteiger partial charge in [0.15, 0.2) is 0 Å². The van der Waals surface area contributed by atoms with Crippen LogP contribution in [0.15, 0.2) is 36.4 Å². The second-order valence-corrected chi connectivity index (χ2v) is 5.50. The molecule has 2 atom stereocenters. The number of nitrogens with one attached hydrogen (secondary N) is 1. The first-order valence-electron chi connectivity index (χ1n) is 7.46. The molecular weight excluding hydrogens is 246 g/mol. The zero-order valence-corrected chi connectivity index (χ0v) is 12.9. The molecule has 2 unspecified atom stereocenters. The number of rotatable bonds is 6. The lowest BCUT2D eigenvalue weighted by atomic mass is 9.92. The molecule has 2 aromatic rings. The Morgan fingerprint density at radius 1 is 1.05 bits per heavy atom.